The number of cyclic esters (lactones) is 1. The van der Waals surface area contributed by atoms with Crippen molar-refractivity contribution in [2.24, 2.45) is 0 Å². The molecule has 1 aliphatic rings. The van der Waals surface area contributed by atoms with Gasteiger partial charge in [-0.15, -0.1) is 0 Å². The molecule has 8 heavy (non-hydrogen) atoms. The van der Waals surface area contributed by atoms with E-state index in [1.54, 1.807) is 0 Å². The predicted molar refractivity (Wildman–Crippen MR) is 25.1 cm³/mol. The van der Waals surface area contributed by atoms with E-state index < -0.39 is 12.1 Å². The molecule has 1 atom stereocenters. The van der Waals surface area contributed by atoms with Crippen LogP contribution in [-0.2, 0) is 14.3 Å². The molecule has 3 nitrogen and oxygen atoms in total. The van der Waals surface area contributed by atoms with Gasteiger partial charge in [-0.3, -0.25) is 4.79 Å². The fourth-order valence-corrected chi connectivity index (χ4v) is 0.459. The second kappa shape index (κ2) is 1.78. The van der Waals surface area contributed by atoms with Crippen LogP contribution in [0.3, 0.4) is 0 Å². The molecule has 3 heteroatoms. The minimum Gasteiger partial charge on any atom is -0.447 e. The van der Waals surface area contributed by atoms with Crippen molar-refractivity contribution in [3.63, 3.8) is 0 Å². The highest BCUT2D eigenvalue weighted by Crippen LogP contribution is 2.00. The van der Waals surface area contributed by atoms with E-state index in [1.807, 2.05) is 0 Å². The summed E-state index contributed by atoms with van der Waals surface area (Å²) in [5.41, 5.74) is 0. The Morgan fingerprint density at radius 2 is 2.50 bits per heavy atom. The molecule has 1 unspecified atom stereocenters. The van der Waals surface area contributed by atoms with E-state index in [4.69, 9.17) is 0 Å². The first kappa shape index (κ1) is 5.03. The molecule has 0 aromatic rings. The summed E-state index contributed by atoms with van der Waals surface area (Å²) in [4.78, 5) is 20.0. The summed E-state index contributed by atoms with van der Waals surface area (Å²) in [5, 5.41) is 0. The molecule has 0 aromatic carbocycles. The maximum absolute atomic E-state index is 10.1. The van der Waals surface area contributed by atoms with Crippen molar-refractivity contribution in [1.82, 2.24) is 0 Å². The lowest BCUT2D eigenvalue weighted by Gasteiger charge is -1.94. The van der Waals surface area contributed by atoms with Crippen molar-refractivity contribution < 1.29 is 14.3 Å². The first-order chi connectivity index (χ1) is 3.83. The van der Waals surface area contributed by atoms with E-state index in [2.05, 4.69) is 4.74 Å². The van der Waals surface area contributed by atoms with Crippen LogP contribution in [0.15, 0.2) is 12.2 Å². The van der Waals surface area contributed by atoms with Gasteiger partial charge in [-0.25, -0.2) is 4.79 Å². The first-order valence-corrected chi connectivity index (χ1v) is 2.17. The van der Waals surface area contributed by atoms with Crippen LogP contribution in [0.2, 0.25) is 0 Å². The van der Waals surface area contributed by atoms with E-state index in [1.165, 1.54) is 12.2 Å². The number of carbonyl (C=O) groups is 2. The van der Waals surface area contributed by atoms with Gasteiger partial charge in [0.05, 0.1) is 0 Å². The Morgan fingerprint density at radius 3 is 2.75 bits per heavy atom. The van der Waals surface area contributed by atoms with Crippen LogP contribution >= 0.6 is 0 Å². The highest BCUT2D eigenvalue weighted by Gasteiger charge is 2.13. The fraction of sp³-hybridized carbons (Fsp3) is 0.200. The van der Waals surface area contributed by atoms with Gasteiger partial charge in [-0.05, 0) is 6.08 Å². The van der Waals surface area contributed by atoms with Gasteiger partial charge in [0.15, 0.2) is 12.4 Å². The molecule has 0 saturated carbocycles. The summed E-state index contributed by atoms with van der Waals surface area (Å²) in [6.07, 6.45) is 2.58. The Labute approximate surface area is 45.9 Å². The molecule has 0 fully saturated rings. The monoisotopic (exact) mass is 112 g/mol. The summed E-state index contributed by atoms with van der Waals surface area (Å²) in [6.45, 7) is 0. The third-order valence-corrected chi connectivity index (χ3v) is 0.808. The molecule has 42 valence electrons. The Kier molecular flexibility index (Phi) is 1.12. The average molecular weight is 112 g/mol. The maximum Gasteiger partial charge on any atom is 0.331 e. The number of carbonyl (C=O) groups excluding carboxylic acids is 2. The summed E-state index contributed by atoms with van der Waals surface area (Å²) in [6, 6.07) is 0. The van der Waals surface area contributed by atoms with Crippen molar-refractivity contribution in [1.29, 1.82) is 0 Å². The molecule has 0 saturated heterocycles. The molecular weight excluding hydrogens is 108 g/mol. The van der Waals surface area contributed by atoms with Crippen LogP contribution in [0.4, 0.5) is 0 Å². The van der Waals surface area contributed by atoms with E-state index in [0.29, 0.717) is 6.29 Å². The Hall–Kier alpha value is -1.12. The average Bonchev–Trinajstić information content (AvgIpc) is 2.14. The van der Waals surface area contributed by atoms with Crippen molar-refractivity contribution in [3.8, 4) is 0 Å². The van der Waals surface area contributed by atoms with Crippen LogP contribution < -0.4 is 0 Å². The van der Waals surface area contributed by atoms with Crippen molar-refractivity contribution in [3.05, 3.63) is 12.2 Å². The molecular formula is C5H4O3. The lowest BCUT2D eigenvalue weighted by molar-refractivity contribution is -0.141. The molecule has 0 bridgehead atoms. The number of aldehydes is 1. The van der Waals surface area contributed by atoms with Gasteiger partial charge in [0, 0.05) is 6.08 Å². The minimum absolute atomic E-state index is 0.442. The number of hydrogen-bond donors (Lipinski definition) is 0. The lowest BCUT2D eigenvalue weighted by Crippen LogP contribution is -2.07. The molecule has 0 N–H and O–H groups in total. The zero-order chi connectivity index (χ0) is 5.98. The minimum atomic E-state index is -0.637. The molecule has 0 aromatic heterocycles. The summed E-state index contributed by atoms with van der Waals surface area (Å²) < 4.78 is 4.39. The normalized spacial score (nSPS) is 25.5. The van der Waals surface area contributed by atoms with Gasteiger partial charge >= 0.3 is 5.97 Å². The van der Waals surface area contributed by atoms with Gasteiger partial charge in [0.1, 0.15) is 0 Å². The third kappa shape index (κ3) is 0.753. The third-order valence-electron chi connectivity index (χ3n) is 0.808. The summed E-state index contributed by atoms with van der Waals surface area (Å²) >= 11 is 0. The second-order valence-corrected chi connectivity index (χ2v) is 1.40. The Bertz CT molecular complexity index is 148. The van der Waals surface area contributed by atoms with Crippen LogP contribution in [0.25, 0.3) is 0 Å². The van der Waals surface area contributed by atoms with Crippen molar-refractivity contribution in [2.75, 3.05) is 0 Å². The van der Waals surface area contributed by atoms with E-state index in [9.17, 15) is 9.59 Å². The zero-order valence-electron chi connectivity index (χ0n) is 4.03. The zero-order valence-corrected chi connectivity index (χ0v) is 4.03. The topological polar surface area (TPSA) is 43.4 Å². The Balaban J connectivity index is 2.58. The second-order valence-electron chi connectivity index (χ2n) is 1.40. The number of esters is 1. The van der Waals surface area contributed by atoms with Gasteiger partial charge in [0.2, 0.25) is 0 Å². The highest BCUT2D eigenvalue weighted by molar-refractivity contribution is 5.87. The van der Waals surface area contributed by atoms with Gasteiger partial charge < -0.3 is 4.74 Å². The van der Waals surface area contributed by atoms with E-state index in [-0.39, 0.29) is 0 Å². The van der Waals surface area contributed by atoms with Crippen LogP contribution in [0.1, 0.15) is 0 Å². The maximum atomic E-state index is 10.1. The van der Waals surface area contributed by atoms with E-state index in [0.717, 1.165) is 0 Å². The summed E-state index contributed by atoms with van der Waals surface area (Å²) in [5.74, 6) is -0.442. The first-order valence-electron chi connectivity index (χ1n) is 2.17. The van der Waals surface area contributed by atoms with Crippen LogP contribution in [0, 0.1) is 0 Å². The number of rotatable bonds is 1. The predicted octanol–water partition coefficient (Wildman–Crippen LogP) is -0.333. The fourth-order valence-electron chi connectivity index (χ4n) is 0.459. The SMILES string of the molecule is O=CC1C=CC(=O)O1. The standard InChI is InChI=1S/C5H4O3/c6-3-4-1-2-5(7)8-4/h1-4H. The molecule has 1 aliphatic heterocycles. The van der Waals surface area contributed by atoms with E-state index >= 15 is 0 Å². The lowest BCUT2D eigenvalue weighted by atomic mass is 10.4. The molecule has 0 amide bonds. The number of ether oxygens (including phenoxy) is 1. The van der Waals surface area contributed by atoms with Crippen molar-refractivity contribution >= 4 is 12.3 Å². The van der Waals surface area contributed by atoms with Gasteiger partial charge in [-0.2, -0.15) is 0 Å². The summed E-state index contributed by atoms with van der Waals surface area (Å²) in [7, 11) is 0. The Morgan fingerprint density at radius 1 is 1.75 bits per heavy atom. The largest absolute Gasteiger partial charge is 0.447 e. The molecule has 1 heterocycles. The van der Waals surface area contributed by atoms with Crippen LogP contribution in [-0.4, -0.2) is 18.4 Å². The molecule has 0 spiro atoms. The van der Waals surface area contributed by atoms with Crippen LogP contribution in [0.5, 0.6) is 0 Å². The van der Waals surface area contributed by atoms with Gasteiger partial charge in [-0.1, -0.05) is 0 Å². The van der Waals surface area contributed by atoms with Gasteiger partial charge in [0.25, 0.3) is 0 Å². The smallest absolute Gasteiger partial charge is 0.331 e. The molecule has 0 aliphatic carbocycles. The molecule has 0 radical (unpaired) electrons. The number of hydrogen-bond acceptors (Lipinski definition) is 3. The highest BCUT2D eigenvalue weighted by atomic mass is 16.5. The quantitative estimate of drug-likeness (QED) is 0.344. The van der Waals surface area contributed by atoms with Crippen molar-refractivity contribution in [2.45, 2.75) is 6.10 Å². The molecule has 1 rings (SSSR count).